The molecule has 0 amide bonds. The third kappa shape index (κ3) is 1.30. The summed E-state index contributed by atoms with van der Waals surface area (Å²) in [5, 5.41) is 0. The van der Waals surface area contributed by atoms with Crippen LogP contribution in [0.4, 0.5) is 0 Å². The monoisotopic (exact) mass is 220 g/mol. The zero-order chi connectivity index (χ0) is 11.2. The fourth-order valence-corrected chi connectivity index (χ4v) is 3.92. The maximum atomic E-state index is 2.34. The SMILES string of the molecule is c1ccc(C2CC3CC2c2ccccc23)cc1. The van der Waals surface area contributed by atoms with Crippen LogP contribution in [-0.2, 0) is 0 Å². The molecule has 17 heavy (non-hydrogen) atoms. The molecule has 1 fully saturated rings. The first-order valence-electron chi connectivity index (χ1n) is 6.57. The van der Waals surface area contributed by atoms with Crippen molar-refractivity contribution in [2.45, 2.75) is 30.6 Å². The minimum absolute atomic E-state index is 0.760. The second kappa shape index (κ2) is 3.46. The van der Waals surface area contributed by atoms with Gasteiger partial charge in [0.05, 0.1) is 0 Å². The molecule has 0 nitrogen and oxygen atoms in total. The van der Waals surface area contributed by atoms with E-state index >= 15 is 0 Å². The Bertz CT molecular complexity index is 541. The fraction of sp³-hybridized carbons (Fsp3) is 0.294. The van der Waals surface area contributed by atoms with Gasteiger partial charge >= 0.3 is 0 Å². The van der Waals surface area contributed by atoms with Crippen LogP contribution in [0, 0.1) is 0 Å². The summed E-state index contributed by atoms with van der Waals surface area (Å²) in [5.41, 5.74) is 4.79. The van der Waals surface area contributed by atoms with Gasteiger partial charge in [0.15, 0.2) is 0 Å². The van der Waals surface area contributed by atoms with Crippen molar-refractivity contribution in [3.05, 3.63) is 71.3 Å². The Labute approximate surface area is 102 Å². The maximum absolute atomic E-state index is 2.34. The van der Waals surface area contributed by atoms with Gasteiger partial charge in [-0.05, 0) is 47.3 Å². The molecular weight excluding hydrogens is 204 g/mol. The molecular formula is C17H16. The van der Waals surface area contributed by atoms with Gasteiger partial charge in [0.1, 0.15) is 0 Å². The molecule has 2 aromatic carbocycles. The topological polar surface area (TPSA) is 0 Å². The summed E-state index contributed by atoms with van der Waals surface area (Å²) < 4.78 is 0. The Morgan fingerprint density at radius 3 is 2.12 bits per heavy atom. The van der Waals surface area contributed by atoms with Crippen LogP contribution in [-0.4, -0.2) is 0 Å². The van der Waals surface area contributed by atoms with Crippen molar-refractivity contribution < 1.29 is 0 Å². The highest BCUT2D eigenvalue weighted by molar-refractivity contribution is 5.45. The molecule has 0 N–H and O–H groups in total. The van der Waals surface area contributed by atoms with Crippen LogP contribution in [0.2, 0.25) is 0 Å². The Balaban J connectivity index is 1.77. The van der Waals surface area contributed by atoms with Crippen LogP contribution in [0.3, 0.4) is 0 Å². The van der Waals surface area contributed by atoms with Crippen molar-refractivity contribution in [1.29, 1.82) is 0 Å². The molecule has 2 aliphatic carbocycles. The number of rotatable bonds is 1. The summed E-state index contributed by atoms with van der Waals surface area (Å²) >= 11 is 0. The third-order valence-corrected chi connectivity index (χ3v) is 4.63. The van der Waals surface area contributed by atoms with Gasteiger partial charge in [0, 0.05) is 0 Å². The Morgan fingerprint density at radius 1 is 0.647 bits per heavy atom. The molecule has 4 rings (SSSR count). The fourth-order valence-electron chi connectivity index (χ4n) is 3.92. The minimum atomic E-state index is 0.760. The highest BCUT2D eigenvalue weighted by atomic mass is 14.5. The molecule has 0 spiro atoms. The van der Waals surface area contributed by atoms with Gasteiger partial charge in [-0.15, -0.1) is 0 Å². The van der Waals surface area contributed by atoms with Crippen molar-refractivity contribution >= 4 is 0 Å². The highest BCUT2D eigenvalue weighted by Gasteiger charge is 2.43. The van der Waals surface area contributed by atoms with Crippen molar-refractivity contribution in [3.63, 3.8) is 0 Å². The molecule has 1 saturated carbocycles. The predicted molar refractivity (Wildman–Crippen MR) is 70.3 cm³/mol. The van der Waals surface area contributed by atoms with Crippen molar-refractivity contribution in [3.8, 4) is 0 Å². The van der Waals surface area contributed by atoms with Gasteiger partial charge in [-0.1, -0.05) is 54.6 Å². The molecule has 0 heterocycles. The Kier molecular flexibility index (Phi) is 1.93. The molecule has 2 aliphatic rings. The average molecular weight is 220 g/mol. The van der Waals surface area contributed by atoms with E-state index in [9.17, 15) is 0 Å². The van der Waals surface area contributed by atoms with E-state index in [2.05, 4.69) is 54.6 Å². The first-order valence-corrected chi connectivity index (χ1v) is 6.57. The molecule has 0 heteroatoms. The smallest absolute Gasteiger partial charge is 0.00842 e. The first kappa shape index (κ1) is 9.47. The molecule has 0 aromatic heterocycles. The van der Waals surface area contributed by atoms with E-state index in [0.717, 1.165) is 17.8 Å². The van der Waals surface area contributed by atoms with Gasteiger partial charge < -0.3 is 0 Å². The summed E-state index contributed by atoms with van der Waals surface area (Å²) in [6, 6.07) is 20.1. The van der Waals surface area contributed by atoms with E-state index in [1.54, 1.807) is 11.1 Å². The van der Waals surface area contributed by atoms with Crippen molar-refractivity contribution in [1.82, 2.24) is 0 Å². The normalized spacial score (nSPS) is 29.3. The van der Waals surface area contributed by atoms with E-state index < -0.39 is 0 Å². The van der Waals surface area contributed by atoms with Gasteiger partial charge in [-0.3, -0.25) is 0 Å². The molecule has 3 atom stereocenters. The summed E-state index contributed by atoms with van der Waals surface area (Å²) in [4.78, 5) is 0. The van der Waals surface area contributed by atoms with Crippen LogP contribution in [0.5, 0.6) is 0 Å². The molecule has 84 valence electrons. The van der Waals surface area contributed by atoms with Gasteiger partial charge in [0.2, 0.25) is 0 Å². The molecule has 0 radical (unpaired) electrons. The average Bonchev–Trinajstić information content (AvgIpc) is 2.99. The third-order valence-electron chi connectivity index (χ3n) is 4.63. The summed E-state index contributed by atoms with van der Waals surface area (Å²) in [7, 11) is 0. The first-order chi connectivity index (χ1) is 8.43. The van der Waals surface area contributed by atoms with Gasteiger partial charge in [-0.2, -0.15) is 0 Å². The van der Waals surface area contributed by atoms with E-state index in [1.807, 2.05) is 0 Å². The van der Waals surface area contributed by atoms with Crippen molar-refractivity contribution in [2.24, 2.45) is 0 Å². The molecule has 2 bridgehead atoms. The lowest BCUT2D eigenvalue weighted by atomic mass is 9.80. The van der Waals surface area contributed by atoms with Crippen LogP contribution in [0.1, 0.15) is 47.3 Å². The number of benzene rings is 2. The largest absolute Gasteiger partial charge is 0.0622 e. The number of fused-ring (bicyclic) bond motifs is 5. The lowest BCUT2D eigenvalue weighted by Gasteiger charge is -2.24. The summed E-state index contributed by atoms with van der Waals surface area (Å²) in [5.74, 6) is 2.36. The Morgan fingerprint density at radius 2 is 1.29 bits per heavy atom. The molecule has 0 aliphatic heterocycles. The zero-order valence-electron chi connectivity index (χ0n) is 9.84. The van der Waals surface area contributed by atoms with Gasteiger partial charge in [-0.25, -0.2) is 0 Å². The van der Waals surface area contributed by atoms with Crippen LogP contribution < -0.4 is 0 Å². The summed E-state index contributed by atoms with van der Waals surface area (Å²) in [6.45, 7) is 0. The lowest BCUT2D eigenvalue weighted by Crippen LogP contribution is -2.08. The van der Waals surface area contributed by atoms with Crippen LogP contribution in [0.25, 0.3) is 0 Å². The molecule has 0 saturated heterocycles. The quantitative estimate of drug-likeness (QED) is 0.666. The van der Waals surface area contributed by atoms with Gasteiger partial charge in [0.25, 0.3) is 0 Å². The van der Waals surface area contributed by atoms with Crippen molar-refractivity contribution in [2.75, 3.05) is 0 Å². The lowest BCUT2D eigenvalue weighted by molar-refractivity contribution is 0.605. The number of hydrogen-bond acceptors (Lipinski definition) is 0. The number of hydrogen-bond donors (Lipinski definition) is 0. The van der Waals surface area contributed by atoms with E-state index in [1.165, 1.54) is 18.4 Å². The predicted octanol–water partition coefficient (Wildman–Crippen LogP) is 4.45. The highest BCUT2D eigenvalue weighted by Crippen LogP contribution is 2.59. The maximum Gasteiger partial charge on any atom is -0.00842 e. The van der Waals surface area contributed by atoms with E-state index in [0.29, 0.717) is 0 Å². The minimum Gasteiger partial charge on any atom is -0.0622 e. The molecule has 2 aromatic rings. The van der Waals surface area contributed by atoms with E-state index in [-0.39, 0.29) is 0 Å². The second-order valence-corrected chi connectivity index (χ2v) is 5.42. The second-order valence-electron chi connectivity index (χ2n) is 5.42. The Hall–Kier alpha value is -1.56. The standard InChI is InChI=1S/C17H16/c1-2-6-12(7-3-1)16-10-13-11-17(16)15-9-5-4-8-14(13)15/h1-9,13,16-17H,10-11H2. The van der Waals surface area contributed by atoms with Crippen LogP contribution >= 0.6 is 0 Å². The zero-order valence-corrected chi connectivity index (χ0v) is 9.84. The van der Waals surface area contributed by atoms with E-state index in [4.69, 9.17) is 0 Å². The molecule has 3 unspecified atom stereocenters. The summed E-state index contributed by atoms with van der Waals surface area (Å²) in [6.07, 6.45) is 2.73. The van der Waals surface area contributed by atoms with Crippen LogP contribution in [0.15, 0.2) is 54.6 Å².